The number of carbonyl (C=O) groups excluding carboxylic acids is 1. The van der Waals surface area contributed by atoms with Crippen molar-refractivity contribution in [1.82, 2.24) is 5.32 Å². The first kappa shape index (κ1) is 16.8. The molecular weight excluding hydrogens is 282 g/mol. The predicted octanol–water partition coefficient (Wildman–Crippen LogP) is 1.86. The number of halogens is 1. The minimum Gasteiger partial charge on any atom is -0.489 e. The molecule has 0 fully saturated rings. The van der Waals surface area contributed by atoms with E-state index in [1.54, 1.807) is 12.1 Å². The Hall–Kier alpha value is -1.30. The molecule has 1 unspecified atom stereocenters. The van der Waals surface area contributed by atoms with E-state index in [2.05, 4.69) is 10.1 Å². The number of hydrogen-bond acceptors (Lipinski definition) is 5. The fraction of sp³-hybridized carbons (Fsp3) is 0.500. The van der Waals surface area contributed by atoms with Crippen molar-refractivity contribution in [2.24, 2.45) is 0 Å². The van der Waals surface area contributed by atoms with Crippen LogP contribution in [0.5, 0.6) is 5.75 Å². The van der Waals surface area contributed by atoms with Crippen LogP contribution in [0.2, 0.25) is 5.02 Å². The minimum atomic E-state index is -0.631. The second-order valence-corrected chi connectivity index (χ2v) is 5.07. The van der Waals surface area contributed by atoms with Gasteiger partial charge in [0.15, 0.2) is 0 Å². The zero-order valence-electron chi connectivity index (χ0n) is 11.9. The van der Waals surface area contributed by atoms with Gasteiger partial charge in [0.25, 0.3) is 0 Å². The highest BCUT2D eigenvalue weighted by atomic mass is 35.5. The Morgan fingerprint density at radius 3 is 2.70 bits per heavy atom. The van der Waals surface area contributed by atoms with Crippen molar-refractivity contribution in [2.75, 3.05) is 20.3 Å². The number of rotatable bonds is 7. The molecule has 0 aliphatic rings. The Labute approximate surface area is 123 Å². The summed E-state index contributed by atoms with van der Waals surface area (Å²) >= 11 is 6.01. The number of nitrogens with one attached hydrogen (secondary N) is 1. The van der Waals surface area contributed by atoms with Crippen molar-refractivity contribution < 1.29 is 19.4 Å². The molecule has 0 aliphatic carbocycles. The van der Waals surface area contributed by atoms with Crippen molar-refractivity contribution in [3.8, 4) is 5.75 Å². The lowest BCUT2D eigenvalue weighted by molar-refractivity contribution is 0.0600. The number of aliphatic hydroxyl groups is 1. The lowest BCUT2D eigenvalue weighted by atomic mass is 10.2. The van der Waals surface area contributed by atoms with Crippen LogP contribution in [0.4, 0.5) is 0 Å². The maximum Gasteiger partial charge on any atom is 0.337 e. The fourth-order valence-electron chi connectivity index (χ4n) is 1.48. The molecule has 0 heterocycles. The molecule has 0 spiro atoms. The molecular formula is C14H20ClNO4. The second kappa shape index (κ2) is 8.09. The molecule has 0 saturated carbocycles. The minimum absolute atomic E-state index is 0.122. The van der Waals surface area contributed by atoms with E-state index in [0.29, 0.717) is 28.9 Å². The van der Waals surface area contributed by atoms with E-state index in [4.69, 9.17) is 16.3 Å². The lowest BCUT2D eigenvalue weighted by Crippen LogP contribution is -2.35. The van der Waals surface area contributed by atoms with Gasteiger partial charge < -0.3 is 19.9 Å². The second-order valence-electron chi connectivity index (χ2n) is 4.66. The predicted molar refractivity (Wildman–Crippen MR) is 77.4 cm³/mol. The monoisotopic (exact) mass is 301 g/mol. The molecule has 2 N–H and O–H groups in total. The number of methoxy groups -OCH3 is 1. The van der Waals surface area contributed by atoms with Crippen molar-refractivity contribution in [1.29, 1.82) is 0 Å². The van der Waals surface area contributed by atoms with E-state index < -0.39 is 12.1 Å². The summed E-state index contributed by atoms with van der Waals surface area (Å²) in [6.07, 6.45) is -0.631. The van der Waals surface area contributed by atoms with Gasteiger partial charge in [-0.05, 0) is 18.2 Å². The zero-order chi connectivity index (χ0) is 15.1. The summed E-state index contributed by atoms with van der Waals surface area (Å²) in [6.45, 7) is 4.55. The number of carbonyl (C=O) groups is 1. The van der Waals surface area contributed by atoms with Gasteiger partial charge in [0.05, 0.1) is 17.7 Å². The summed E-state index contributed by atoms with van der Waals surface area (Å²) in [4.78, 5) is 11.3. The van der Waals surface area contributed by atoms with Crippen molar-refractivity contribution in [2.45, 2.75) is 26.0 Å². The van der Waals surface area contributed by atoms with Gasteiger partial charge in [-0.1, -0.05) is 25.4 Å². The molecule has 1 rings (SSSR count). The summed E-state index contributed by atoms with van der Waals surface area (Å²) in [5.74, 6) is -0.0393. The summed E-state index contributed by atoms with van der Waals surface area (Å²) in [5, 5.41) is 13.1. The molecule has 1 aromatic carbocycles. The lowest BCUT2D eigenvalue weighted by Gasteiger charge is -2.15. The van der Waals surface area contributed by atoms with Crippen LogP contribution in [0.3, 0.4) is 0 Å². The van der Waals surface area contributed by atoms with Gasteiger partial charge in [0.2, 0.25) is 0 Å². The van der Waals surface area contributed by atoms with Crippen LogP contribution in [0.25, 0.3) is 0 Å². The normalized spacial score (nSPS) is 12.3. The van der Waals surface area contributed by atoms with Crippen LogP contribution in [-0.4, -0.2) is 43.5 Å². The van der Waals surface area contributed by atoms with Crippen molar-refractivity contribution in [3.05, 3.63) is 28.8 Å². The first-order chi connectivity index (χ1) is 9.43. The van der Waals surface area contributed by atoms with Crippen LogP contribution in [0, 0.1) is 0 Å². The van der Waals surface area contributed by atoms with E-state index in [1.165, 1.54) is 13.2 Å². The Kier molecular flexibility index (Phi) is 6.78. The van der Waals surface area contributed by atoms with Gasteiger partial charge >= 0.3 is 5.97 Å². The number of ether oxygens (including phenoxy) is 2. The van der Waals surface area contributed by atoms with E-state index in [1.807, 2.05) is 13.8 Å². The smallest absolute Gasteiger partial charge is 0.337 e. The number of aliphatic hydroxyl groups excluding tert-OH is 1. The van der Waals surface area contributed by atoms with E-state index in [0.717, 1.165) is 0 Å². The Bertz CT molecular complexity index is 451. The Balaban J connectivity index is 2.54. The highest BCUT2D eigenvalue weighted by Crippen LogP contribution is 2.25. The molecule has 0 saturated heterocycles. The van der Waals surface area contributed by atoms with Crippen molar-refractivity contribution >= 4 is 17.6 Å². The summed E-state index contributed by atoms with van der Waals surface area (Å²) in [6, 6.07) is 4.91. The average molecular weight is 302 g/mol. The van der Waals surface area contributed by atoms with E-state index >= 15 is 0 Å². The van der Waals surface area contributed by atoms with Crippen LogP contribution < -0.4 is 10.1 Å². The summed E-state index contributed by atoms with van der Waals surface area (Å²) in [5.41, 5.74) is 0.354. The Morgan fingerprint density at radius 1 is 1.45 bits per heavy atom. The first-order valence-electron chi connectivity index (χ1n) is 6.36. The molecule has 112 valence electrons. The molecule has 0 radical (unpaired) electrons. The zero-order valence-corrected chi connectivity index (χ0v) is 12.6. The summed E-state index contributed by atoms with van der Waals surface area (Å²) < 4.78 is 10.0. The van der Waals surface area contributed by atoms with Gasteiger partial charge in [-0.2, -0.15) is 0 Å². The Morgan fingerprint density at radius 2 is 2.15 bits per heavy atom. The van der Waals surface area contributed by atoms with E-state index in [-0.39, 0.29) is 6.61 Å². The highest BCUT2D eigenvalue weighted by Gasteiger charge is 2.11. The quantitative estimate of drug-likeness (QED) is 0.753. The number of esters is 1. The van der Waals surface area contributed by atoms with Gasteiger partial charge in [-0.25, -0.2) is 4.79 Å². The van der Waals surface area contributed by atoms with Gasteiger partial charge in [0.1, 0.15) is 18.5 Å². The van der Waals surface area contributed by atoms with Crippen LogP contribution in [0.1, 0.15) is 24.2 Å². The van der Waals surface area contributed by atoms with Crippen LogP contribution >= 0.6 is 11.6 Å². The van der Waals surface area contributed by atoms with Crippen LogP contribution in [-0.2, 0) is 4.74 Å². The SMILES string of the molecule is COC(=O)c1ccc(OCC(O)CNC(C)C)c(Cl)c1. The number of benzene rings is 1. The molecule has 5 nitrogen and oxygen atoms in total. The fourth-order valence-corrected chi connectivity index (χ4v) is 1.71. The standard InChI is InChI=1S/C14H20ClNO4/c1-9(2)16-7-11(17)8-20-13-5-4-10(6-12(13)15)14(18)19-3/h4-6,9,11,16-17H,7-8H2,1-3H3. The van der Waals surface area contributed by atoms with Gasteiger partial charge in [-0.15, -0.1) is 0 Å². The topological polar surface area (TPSA) is 67.8 Å². The third kappa shape index (κ3) is 5.36. The van der Waals surface area contributed by atoms with E-state index in [9.17, 15) is 9.90 Å². The maximum absolute atomic E-state index is 11.3. The third-order valence-electron chi connectivity index (χ3n) is 2.55. The molecule has 1 atom stereocenters. The molecule has 20 heavy (non-hydrogen) atoms. The van der Waals surface area contributed by atoms with Crippen LogP contribution in [0.15, 0.2) is 18.2 Å². The molecule has 0 aliphatic heterocycles. The molecule has 0 aromatic heterocycles. The molecule has 0 amide bonds. The summed E-state index contributed by atoms with van der Waals surface area (Å²) in [7, 11) is 1.30. The largest absolute Gasteiger partial charge is 0.489 e. The highest BCUT2D eigenvalue weighted by molar-refractivity contribution is 6.32. The molecule has 0 bridgehead atoms. The van der Waals surface area contributed by atoms with Gasteiger partial charge in [0, 0.05) is 12.6 Å². The molecule has 6 heteroatoms. The van der Waals surface area contributed by atoms with Crippen molar-refractivity contribution in [3.63, 3.8) is 0 Å². The average Bonchev–Trinajstić information content (AvgIpc) is 2.42. The van der Waals surface area contributed by atoms with Gasteiger partial charge in [-0.3, -0.25) is 0 Å². The third-order valence-corrected chi connectivity index (χ3v) is 2.84. The first-order valence-corrected chi connectivity index (χ1v) is 6.74. The number of hydrogen-bond donors (Lipinski definition) is 2. The molecule has 1 aromatic rings. The maximum atomic E-state index is 11.3.